The lowest BCUT2D eigenvalue weighted by molar-refractivity contribution is -0.116. The first-order valence-corrected chi connectivity index (χ1v) is 5.42. The Bertz CT molecular complexity index is 525. The van der Waals surface area contributed by atoms with E-state index in [1.165, 1.54) is 12.1 Å². The van der Waals surface area contributed by atoms with Gasteiger partial charge in [-0.3, -0.25) is 10.1 Å². The van der Waals surface area contributed by atoms with E-state index in [0.717, 1.165) is 5.71 Å². The molecule has 1 heterocycles. The molecule has 18 heavy (non-hydrogen) atoms. The van der Waals surface area contributed by atoms with Gasteiger partial charge in [-0.05, 0) is 25.1 Å². The fourth-order valence-electron chi connectivity index (χ4n) is 1.64. The second-order valence-corrected chi connectivity index (χ2v) is 3.88. The van der Waals surface area contributed by atoms with E-state index in [4.69, 9.17) is 0 Å². The minimum Gasteiger partial charge on any atom is -0.453 e. The summed E-state index contributed by atoms with van der Waals surface area (Å²) in [5.41, 5.74) is 1.93. The van der Waals surface area contributed by atoms with Crippen molar-refractivity contribution in [1.29, 1.82) is 0 Å². The van der Waals surface area contributed by atoms with Gasteiger partial charge in [-0.25, -0.2) is 9.80 Å². The molecular formula is C12H13N3O3. The Morgan fingerprint density at radius 3 is 2.89 bits per heavy atom. The molecule has 0 saturated carbocycles. The summed E-state index contributed by atoms with van der Waals surface area (Å²) in [7, 11) is 1.29. The number of amides is 2. The molecule has 1 aliphatic heterocycles. The summed E-state index contributed by atoms with van der Waals surface area (Å²) in [5, 5.41) is 8.00. The quantitative estimate of drug-likeness (QED) is 0.868. The fourth-order valence-corrected chi connectivity index (χ4v) is 1.64. The van der Waals surface area contributed by atoms with Gasteiger partial charge >= 0.3 is 6.09 Å². The Morgan fingerprint density at radius 2 is 2.28 bits per heavy atom. The van der Waals surface area contributed by atoms with Crippen LogP contribution in [0.25, 0.3) is 0 Å². The highest BCUT2D eigenvalue weighted by molar-refractivity contribution is 6.12. The zero-order chi connectivity index (χ0) is 13.1. The molecular weight excluding hydrogens is 234 g/mol. The second kappa shape index (κ2) is 4.87. The Balaban J connectivity index is 2.22. The smallest absolute Gasteiger partial charge is 0.411 e. The zero-order valence-electron chi connectivity index (χ0n) is 10.1. The van der Waals surface area contributed by atoms with E-state index in [1.807, 2.05) is 0 Å². The number of hydrogen-bond acceptors (Lipinski definition) is 4. The molecule has 0 aliphatic carbocycles. The number of benzene rings is 1. The lowest BCUT2D eigenvalue weighted by Gasteiger charge is -2.13. The van der Waals surface area contributed by atoms with E-state index in [2.05, 4.69) is 15.2 Å². The molecule has 0 saturated heterocycles. The molecule has 1 N–H and O–H groups in total. The molecule has 1 aliphatic rings. The maximum atomic E-state index is 11.7. The second-order valence-electron chi connectivity index (χ2n) is 3.88. The Kier molecular flexibility index (Phi) is 3.27. The Hall–Kier alpha value is -2.37. The van der Waals surface area contributed by atoms with Crippen molar-refractivity contribution < 1.29 is 14.3 Å². The predicted molar refractivity (Wildman–Crippen MR) is 67.7 cm³/mol. The van der Waals surface area contributed by atoms with E-state index < -0.39 is 6.09 Å². The van der Waals surface area contributed by atoms with Crippen molar-refractivity contribution in [1.82, 2.24) is 0 Å². The number of anilines is 2. The summed E-state index contributed by atoms with van der Waals surface area (Å²) in [6, 6.07) is 6.86. The largest absolute Gasteiger partial charge is 0.453 e. The SMILES string of the molecule is COC(=O)Nc1cccc(N2N=C(C)CC2=O)c1. The van der Waals surface area contributed by atoms with Gasteiger partial charge in [-0.1, -0.05) is 6.07 Å². The van der Waals surface area contributed by atoms with Crippen LogP contribution < -0.4 is 10.3 Å². The molecule has 0 fully saturated rings. The molecule has 6 heteroatoms. The summed E-state index contributed by atoms with van der Waals surface area (Å²) < 4.78 is 4.50. The van der Waals surface area contributed by atoms with Gasteiger partial charge in [0.15, 0.2) is 0 Å². The number of methoxy groups -OCH3 is 1. The molecule has 0 unspecified atom stereocenters. The monoisotopic (exact) mass is 247 g/mol. The third-order valence-corrected chi connectivity index (χ3v) is 2.44. The maximum absolute atomic E-state index is 11.7. The number of hydrazone groups is 1. The topological polar surface area (TPSA) is 71.0 Å². The molecule has 6 nitrogen and oxygen atoms in total. The highest BCUT2D eigenvalue weighted by Crippen LogP contribution is 2.23. The van der Waals surface area contributed by atoms with Crippen molar-refractivity contribution in [2.75, 3.05) is 17.4 Å². The maximum Gasteiger partial charge on any atom is 0.411 e. The highest BCUT2D eigenvalue weighted by Gasteiger charge is 2.22. The summed E-state index contributed by atoms with van der Waals surface area (Å²) in [5.74, 6) is -0.0808. The van der Waals surface area contributed by atoms with Crippen LogP contribution in [0.15, 0.2) is 29.4 Å². The van der Waals surface area contributed by atoms with E-state index in [0.29, 0.717) is 17.8 Å². The van der Waals surface area contributed by atoms with Gasteiger partial charge in [0, 0.05) is 11.4 Å². The van der Waals surface area contributed by atoms with Crippen LogP contribution in [-0.4, -0.2) is 24.8 Å². The van der Waals surface area contributed by atoms with Crippen molar-refractivity contribution >= 4 is 29.1 Å². The minimum absolute atomic E-state index is 0.0808. The molecule has 94 valence electrons. The third kappa shape index (κ3) is 2.48. The van der Waals surface area contributed by atoms with Gasteiger partial charge < -0.3 is 4.74 Å². The fraction of sp³-hybridized carbons (Fsp3) is 0.250. The van der Waals surface area contributed by atoms with E-state index in [1.54, 1.807) is 31.2 Å². The summed E-state index contributed by atoms with van der Waals surface area (Å²) in [6.45, 7) is 1.80. The van der Waals surface area contributed by atoms with Crippen LogP contribution in [0.5, 0.6) is 0 Å². The van der Waals surface area contributed by atoms with Crippen molar-refractivity contribution in [2.24, 2.45) is 5.10 Å². The molecule has 0 bridgehead atoms. The van der Waals surface area contributed by atoms with Crippen molar-refractivity contribution in [3.63, 3.8) is 0 Å². The van der Waals surface area contributed by atoms with Crippen LogP contribution in [0.2, 0.25) is 0 Å². The van der Waals surface area contributed by atoms with Gasteiger partial charge in [0.2, 0.25) is 0 Å². The van der Waals surface area contributed by atoms with Crippen LogP contribution in [0.4, 0.5) is 16.2 Å². The van der Waals surface area contributed by atoms with Crippen LogP contribution >= 0.6 is 0 Å². The van der Waals surface area contributed by atoms with Crippen molar-refractivity contribution in [3.05, 3.63) is 24.3 Å². The summed E-state index contributed by atoms with van der Waals surface area (Å²) in [6.07, 6.45) is -0.228. The summed E-state index contributed by atoms with van der Waals surface area (Å²) in [4.78, 5) is 22.8. The standard InChI is InChI=1S/C12H13N3O3/c1-8-6-11(16)15(14-8)10-5-3-4-9(7-10)13-12(17)18-2/h3-5,7H,6H2,1-2H3,(H,13,17). The lowest BCUT2D eigenvalue weighted by Crippen LogP contribution is -2.19. The van der Waals surface area contributed by atoms with Crippen LogP contribution in [-0.2, 0) is 9.53 Å². The summed E-state index contributed by atoms with van der Waals surface area (Å²) >= 11 is 0. The first kappa shape index (κ1) is 12.1. The average molecular weight is 247 g/mol. The average Bonchev–Trinajstić information content (AvgIpc) is 2.68. The Labute approximate surface area is 104 Å². The molecule has 2 amide bonds. The van der Waals surface area contributed by atoms with Gasteiger partial charge in [0.05, 0.1) is 19.2 Å². The molecule has 0 atom stereocenters. The first-order valence-electron chi connectivity index (χ1n) is 5.42. The zero-order valence-corrected chi connectivity index (χ0v) is 10.1. The van der Waals surface area contributed by atoms with Crippen LogP contribution in [0, 0.1) is 0 Å². The van der Waals surface area contributed by atoms with E-state index in [-0.39, 0.29) is 5.91 Å². The number of nitrogens with zero attached hydrogens (tertiary/aromatic N) is 2. The van der Waals surface area contributed by atoms with Crippen molar-refractivity contribution in [3.8, 4) is 0 Å². The van der Waals surface area contributed by atoms with Crippen LogP contribution in [0.1, 0.15) is 13.3 Å². The number of carbonyl (C=O) groups is 2. The van der Waals surface area contributed by atoms with Crippen molar-refractivity contribution in [2.45, 2.75) is 13.3 Å². The molecule has 2 rings (SSSR count). The normalized spacial score (nSPS) is 14.4. The molecule has 1 aromatic rings. The number of nitrogens with one attached hydrogen (secondary N) is 1. The third-order valence-electron chi connectivity index (χ3n) is 2.44. The highest BCUT2D eigenvalue weighted by atomic mass is 16.5. The number of rotatable bonds is 2. The van der Waals surface area contributed by atoms with Gasteiger partial charge in [-0.2, -0.15) is 5.10 Å². The number of carbonyl (C=O) groups excluding carboxylic acids is 2. The van der Waals surface area contributed by atoms with Gasteiger partial charge in [0.25, 0.3) is 5.91 Å². The van der Waals surface area contributed by atoms with Crippen LogP contribution in [0.3, 0.4) is 0 Å². The number of ether oxygens (including phenoxy) is 1. The van der Waals surface area contributed by atoms with Gasteiger partial charge in [-0.15, -0.1) is 0 Å². The van der Waals surface area contributed by atoms with E-state index >= 15 is 0 Å². The lowest BCUT2D eigenvalue weighted by atomic mass is 10.2. The van der Waals surface area contributed by atoms with Gasteiger partial charge in [0.1, 0.15) is 0 Å². The minimum atomic E-state index is -0.556. The predicted octanol–water partition coefficient (Wildman–Crippen LogP) is 1.98. The molecule has 0 radical (unpaired) electrons. The molecule has 1 aromatic carbocycles. The number of hydrogen-bond donors (Lipinski definition) is 1. The Morgan fingerprint density at radius 1 is 1.50 bits per heavy atom. The first-order chi connectivity index (χ1) is 8.60. The molecule has 0 spiro atoms. The molecule has 0 aromatic heterocycles. The van der Waals surface area contributed by atoms with E-state index in [9.17, 15) is 9.59 Å².